The van der Waals surface area contributed by atoms with Crippen LogP contribution in [0.2, 0.25) is 0 Å². The first-order chi connectivity index (χ1) is 11.3. The predicted octanol–water partition coefficient (Wildman–Crippen LogP) is 1.64. The second kappa shape index (κ2) is 7.70. The molecule has 6 nitrogen and oxygen atoms in total. The minimum absolute atomic E-state index is 0.00232. The Morgan fingerprint density at radius 3 is 2.46 bits per heavy atom. The third kappa shape index (κ3) is 4.50. The number of nitrogens with one attached hydrogen (secondary N) is 2. The topological polar surface area (TPSA) is 95.5 Å². The Balaban J connectivity index is 2.10. The average molecular weight is 350 g/mol. The standard InChI is InChI=1S/C17H22N2O4S/c1-11-3-5-13(6-4-11)14(18-12(2)20)9-15(21)19-17(16(22)23)7-8-24-10-17/h3-6,14H,7-10H2,1-2H3,(H,18,20)(H,19,21)(H,22,23). The molecule has 1 aromatic rings. The van der Waals surface area contributed by atoms with Crippen LogP contribution in [-0.4, -0.2) is 39.9 Å². The summed E-state index contributed by atoms with van der Waals surface area (Å²) in [7, 11) is 0. The number of carbonyl (C=O) groups excluding carboxylic acids is 2. The van der Waals surface area contributed by atoms with Crippen molar-refractivity contribution in [2.24, 2.45) is 0 Å². The van der Waals surface area contributed by atoms with Crippen molar-refractivity contribution in [2.45, 2.75) is 38.3 Å². The van der Waals surface area contributed by atoms with Gasteiger partial charge in [0.15, 0.2) is 0 Å². The highest BCUT2D eigenvalue weighted by Crippen LogP contribution is 2.29. The average Bonchev–Trinajstić information content (AvgIpc) is 2.96. The van der Waals surface area contributed by atoms with Crippen molar-refractivity contribution in [1.29, 1.82) is 0 Å². The van der Waals surface area contributed by atoms with E-state index in [1.165, 1.54) is 18.7 Å². The van der Waals surface area contributed by atoms with E-state index in [2.05, 4.69) is 10.6 Å². The van der Waals surface area contributed by atoms with E-state index in [1.54, 1.807) is 0 Å². The van der Waals surface area contributed by atoms with Crippen LogP contribution in [0.25, 0.3) is 0 Å². The van der Waals surface area contributed by atoms with Gasteiger partial charge in [-0.1, -0.05) is 29.8 Å². The molecule has 2 unspecified atom stereocenters. The first-order valence-corrected chi connectivity index (χ1v) is 8.94. The molecule has 0 aliphatic carbocycles. The molecule has 1 fully saturated rings. The summed E-state index contributed by atoms with van der Waals surface area (Å²) in [5.41, 5.74) is 0.698. The van der Waals surface area contributed by atoms with Crippen LogP contribution in [0.1, 0.15) is 36.9 Å². The smallest absolute Gasteiger partial charge is 0.330 e. The van der Waals surface area contributed by atoms with Crippen molar-refractivity contribution in [3.63, 3.8) is 0 Å². The van der Waals surface area contributed by atoms with Crippen LogP contribution < -0.4 is 10.6 Å². The molecule has 1 aliphatic rings. The SMILES string of the molecule is CC(=O)NC(CC(=O)NC1(C(=O)O)CCSC1)c1ccc(C)cc1. The predicted molar refractivity (Wildman–Crippen MR) is 92.8 cm³/mol. The summed E-state index contributed by atoms with van der Waals surface area (Å²) in [6, 6.07) is 7.06. The summed E-state index contributed by atoms with van der Waals surface area (Å²) in [5, 5.41) is 14.9. The molecule has 1 heterocycles. The Bertz CT molecular complexity index is 624. The second-order valence-corrected chi connectivity index (χ2v) is 7.21. The van der Waals surface area contributed by atoms with E-state index in [9.17, 15) is 19.5 Å². The summed E-state index contributed by atoms with van der Waals surface area (Å²) in [5.74, 6) is -0.549. The first kappa shape index (κ1) is 18.3. The van der Waals surface area contributed by atoms with E-state index in [0.717, 1.165) is 11.1 Å². The van der Waals surface area contributed by atoms with Gasteiger partial charge in [-0.25, -0.2) is 4.79 Å². The number of carboxylic acids is 1. The molecule has 2 rings (SSSR count). The second-order valence-electron chi connectivity index (χ2n) is 6.11. The highest BCUT2D eigenvalue weighted by Gasteiger charge is 2.43. The Morgan fingerprint density at radius 2 is 1.96 bits per heavy atom. The highest BCUT2D eigenvalue weighted by atomic mass is 32.2. The summed E-state index contributed by atoms with van der Waals surface area (Å²) in [4.78, 5) is 35.4. The van der Waals surface area contributed by atoms with Crippen molar-refractivity contribution in [2.75, 3.05) is 11.5 Å². The van der Waals surface area contributed by atoms with Crippen LogP contribution in [0, 0.1) is 6.92 Å². The van der Waals surface area contributed by atoms with Gasteiger partial charge in [0.05, 0.1) is 12.5 Å². The monoisotopic (exact) mass is 350 g/mol. The lowest BCUT2D eigenvalue weighted by Crippen LogP contribution is -2.55. The molecule has 0 spiro atoms. The number of carboxylic acid groups (broad SMARTS) is 1. The van der Waals surface area contributed by atoms with Gasteiger partial charge in [0.2, 0.25) is 11.8 Å². The molecule has 24 heavy (non-hydrogen) atoms. The number of thioether (sulfide) groups is 1. The number of hydrogen-bond acceptors (Lipinski definition) is 4. The van der Waals surface area contributed by atoms with E-state index >= 15 is 0 Å². The van der Waals surface area contributed by atoms with E-state index in [-0.39, 0.29) is 18.2 Å². The van der Waals surface area contributed by atoms with Gasteiger partial charge in [-0.3, -0.25) is 9.59 Å². The zero-order chi connectivity index (χ0) is 17.7. The number of benzene rings is 1. The van der Waals surface area contributed by atoms with Crippen LogP contribution in [0.4, 0.5) is 0 Å². The first-order valence-electron chi connectivity index (χ1n) is 7.78. The Kier molecular flexibility index (Phi) is 5.88. The zero-order valence-electron chi connectivity index (χ0n) is 13.8. The summed E-state index contributed by atoms with van der Waals surface area (Å²) in [6.07, 6.45) is 0.413. The Labute approximate surface area is 145 Å². The van der Waals surface area contributed by atoms with Crippen molar-refractivity contribution < 1.29 is 19.5 Å². The highest BCUT2D eigenvalue weighted by molar-refractivity contribution is 7.99. The van der Waals surface area contributed by atoms with E-state index < -0.39 is 17.6 Å². The van der Waals surface area contributed by atoms with Crippen molar-refractivity contribution in [3.05, 3.63) is 35.4 Å². The maximum Gasteiger partial charge on any atom is 0.330 e. The third-order valence-corrected chi connectivity index (χ3v) is 5.25. The van der Waals surface area contributed by atoms with Crippen molar-refractivity contribution >= 4 is 29.5 Å². The van der Waals surface area contributed by atoms with E-state index in [1.807, 2.05) is 31.2 Å². The summed E-state index contributed by atoms with van der Waals surface area (Å²) in [6.45, 7) is 3.35. The van der Waals surface area contributed by atoms with Gasteiger partial charge in [-0.05, 0) is 24.7 Å². The zero-order valence-corrected chi connectivity index (χ0v) is 14.6. The molecule has 7 heteroatoms. The molecule has 0 aromatic heterocycles. The number of aliphatic carboxylic acids is 1. The minimum atomic E-state index is -1.20. The molecule has 0 radical (unpaired) electrons. The van der Waals surface area contributed by atoms with Gasteiger partial charge < -0.3 is 15.7 Å². The van der Waals surface area contributed by atoms with E-state index in [4.69, 9.17) is 0 Å². The maximum absolute atomic E-state index is 12.4. The van der Waals surface area contributed by atoms with Crippen LogP contribution >= 0.6 is 11.8 Å². The molecule has 0 saturated carbocycles. The largest absolute Gasteiger partial charge is 0.479 e. The summed E-state index contributed by atoms with van der Waals surface area (Å²) >= 11 is 1.51. The Morgan fingerprint density at radius 1 is 1.29 bits per heavy atom. The Hall–Kier alpha value is -2.02. The molecular weight excluding hydrogens is 328 g/mol. The van der Waals surface area contributed by atoms with E-state index in [0.29, 0.717) is 17.9 Å². The van der Waals surface area contributed by atoms with Crippen LogP contribution in [0.5, 0.6) is 0 Å². The van der Waals surface area contributed by atoms with Gasteiger partial charge in [0.1, 0.15) is 5.54 Å². The molecule has 1 aromatic carbocycles. The fourth-order valence-corrected chi connectivity index (χ4v) is 4.01. The van der Waals surface area contributed by atoms with Gasteiger partial charge >= 0.3 is 5.97 Å². The number of carbonyl (C=O) groups is 3. The van der Waals surface area contributed by atoms with Gasteiger partial charge in [0, 0.05) is 12.7 Å². The minimum Gasteiger partial charge on any atom is -0.479 e. The number of rotatable bonds is 6. The van der Waals surface area contributed by atoms with Crippen LogP contribution in [0.3, 0.4) is 0 Å². The quantitative estimate of drug-likeness (QED) is 0.725. The lowest BCUT2D eigenvalue weighted by Gasteiger charge is -2.26. The van der Waals surface area contributed by atoms with Gasteiger partial charge in [-0.2, -0.15) is 11.8 Å². The van der Waals surface area contributed by atoms with Crippen molar-refractivity contribution in [3.8, 4) is 0 Å². The summed E-state index contributed by atoms with van der Waals surface area (Å²) < 4.78 is 0. The molecule has 0 bridgehead atoms. The lowest BCUT2D eigenvalue weighted by molar-refractivity contribution is -0.146. The number of amides is 2. The van der Waals surface area contributed by atoms with Crippen LogP contribution in [0.15, 0.2) is 24.3 Å². The number of aryl methyl sites for hydroxylation is 1. The fourth-order valence-electron chi connectivity index (χ4n) is 2.69. The normalized spacial score (nSPS) is 21.1. The molecule has 1 aliphatic heterocycles. The molecule has 1 saturated heterocycles. The lowest BCUT2D eigenvalue weighted by atomic mass is 9.97. The molecule has 2 amide bonds. The number of hydrogen-bond donors (Lipinski definition) is 3. The van der Waals surface area contributed by atoms with Crippen LogP contribution in [-0.2, 0) is 14.4 Å². The molecule has 2 atom stereocenters. The maximum atomic E-state index is 12.4. The molecule has 3 N–H and O–H groups in total. The fraction of sp³-hybridized carbons (Fsp3) is 0.471. The molecule has 130 valence electrons. The van der Waals surface area contributed by atoms with Gasteiger partial charge in [-0.15, -0.1) is 0 Å². The van der Waals surface area contributed by atoms with Crippen molar-refractivity contribution in [1.82, 2.24) is 10.6 Å². The third-order valence-electron chi connectivity index (χ3n) is 4.06. The molecular formula is C17H22N2O4S. The van der Waals surface area contributed by atoms with Gasteiger partial charge in [0.25, 0.3) is 0 Å².